The molecule has 0 aliphatic rings. The summed E-state index contributed by atoms with van der Waals surface area (Å²) < 4.78 is 25.8. The number of non-ortho nitro benzene ring substituents is 1. The molecule has 0 bridgehead atoms. The predicted molar refractivity (Wildman–Crippen MR) is 122 cm³/mol. The number of sulfonamides is 1. The van der Waals surface area contributed by atoms with Crippen molar-refractivity contribution in [3.8, 4) is 0 Å². The Bertz CT molecular complexity index is 1040. The molecule has 2 aromatic carbocycles. The van der Waals surface area contributed by atoms with E-state index >= 15 is 0 Å². The summed E-state index contributed by atoms with van der Waals surface area (Å²) >= 11 is 0. The number of hydrogen-bond donors (Lipinski definition) is 1. The average Bonchev–Trinajstić information content (AvgIpc) is 2.70. The van der Waals surface area contributed by atoms with Gasteiger partial charge < -0.3 is 5.32 Å². The fraction of sp³-hybridized carbons (Fsp3) is 0.409. The van der Waals surface area contributed by atoms with Crippen molar-refractivity contribution in [3.05, 3.63) is 69.3 Å². The number of anilines is 1. The molecule has 0 aliphatic heterocycles. The Balaban J connectivity index is 2.06. The van der Waals surface area contributed by atoms with Crippen molar-refractivity contribution in [2.45, 2.75) is 46.1 Å². The molecular formula is C22H29N3O5S. The van der Waals surface area contributed by atoms with Crippen LogP contribution in [-0.4, -0.2) is 32.0 Å². The van der Waals surface area contributed by atoms with E-state index in [9.17, 15) is 23.3 Å². The number of rotatable bonds is 10. The third-order valence-corrected chi connectivity index (χ3v) is 6.24. The van der Waals surface area contributed by atoms with Crippen LogP contribution < -0.4 is 9.62 Å². The number of aryl methyl sites for hydroxylation is 2. The zero-order valence-electron chi connectivity index (χ0n) is 18.3. The molecule has 1 atom stereocenters. The third kappa shape index (κ3) is 6.78. The van der Waals surface area contributed by atoms with Crippen LogP contribution in [0.3, 0.4) is 0 Å². The number of nitro benzene ring substituents is 1. The minimum absolute atomic E-state index is 0.0512. The van der Waals surface area contributed by atoms with Gasteiger partial charge in [-0.05, 0) is 37.8 Å². The SMILES string of the molecule is CCC(NC(=O)CCCN(c1cc([N+](=O)[O-])ccc1C)S(C)(=O)=O)c1ccc(C)cc1. The Labute approximate surface area is 183 Å². The molecule has 1 unspecified atom stereocenters. The van der Waals surface area contributed by atoms with E-state index in [1.165, 1.54) is 18.2 Å². The maximum Gasteiger partial charge on any atom is 0.271 e. The molecule has 1 N–H and O–H groups in total. The predicted octanol–water partition coefficient (Wildman–Crippen LogP) is 4.03. The summed E-state index contributed by atoms with van der Waals surface area (Å²) in [7, 11) is -3.68. The number of nitrogens with one attached hydrogen (secondary N) is 1. The first kappa shape index (κ1) is 24.3. The van der Waals surface area contributed by atoms with Crippen LogP contribution in [-0.2, 0) is 14.8 Å². The van der Waals surface area contributed by atoms with Gasteiger partial charge in [-0.1, -0.05) is 42.8 Å². The van der Waals surface area contributed by atoms with Gasteiger partial charge in [-0.25, -0.2) is 8.42 Å². The molecule has 0 fully saturated rings. The lowest BCUT2D eigenvalue weighted by atomic mass is 10.0. The summed E-state index contributed by atoms with van der Waals surface area (Å²) in [4.78, 5) is 23.0. The van der Waals surface area contributed by atoms with E-state index in [0.717, 1.165) is 28.1 Å². The van der Waals surface area contributed by atoms with Gasteiger partial charge in [0.05, 0.1) is 22.9 Å². The normalized spacial score (nSPS) is 12.3. The standard InChI is InChI=1S/C22H29N3O5S/c1-5-20(18-11-8-16(2)9-12-18)23-22(26)7-6-14-24(31(4,29)30)21-15-19(25(27)28)13-10-17(21)3/h8-13,15,20H,5-7,14H2,1-4H3,(H,23,26). The van der Waals surface area contributed by atoms with E-state index in [1.54, 1.807) is 6.92 Å². The van der Waals surface area contributed by atoms with Gasteiger partial charge in [-0.2, -0.15) is 0 Å². The number of carbonyl (C=O) groups is 1. The highest BCUT2D eigenvalue weighted by Crippen LogP contribution is 2.28. The van der Waals surface area contributed by atoms with E-state index in [2.05, 4.69) is 5.32 Å². The quantitative estimate of drug-likeness (QED) is 0.437. The van der Waals surface area contributed by atoms with E-state index in [4.69, 9.17) is 0 Å². The molecule has 168 valence electrons. The summed E-state index contributed by atoms with van der Waals surface area (Å²) in [6.07, 6.45) is 2.21. The Hall–Kier alpha value is -2.94. The van der Waals surface area contributed by atoms with Crippen LogP contribution in [0.25, 0.3) is 0 Å². The molecule has 2 rings (SSSR count). The minimum Gasteiger partial charge on any atom is -0.349 e. The lowest BCUT2D eigenvalue weighted by molar-refractivity contribution is -0.384. The molecule has 0 aromatic heterocycles. The van der Waals surface area contributed by atoms with Crippen LogP contribution in [0.5, 0.6) is 0 Å². The fourth-order valence-electron chi connectivity index (χ4n) is 3.31. The molecule has 31 heavy (non-hydrogen) atoms. The number of benzene rings is 2. The molecule has 0 spiro atoms. The van der Waals surface area contributed by atoms with Crippen LogP contribution >= 0.6 is 0 Å². The van der Waals surface area contributed by atoms with Gasteiger partial charge in [0.1, 0.15) is 0 Å². The largest absolute Gasteiger partial charge is 0.349 e. The highest BCUT2D eigenvalue weighted by molar-refractivity contribution is 7.92. The molecular weight excluding hydrogens is 418 g/mol. The van der Waals surface area contributed by atoms with Crippen molar-refractivity contribution in [1.82, 2.24) is 5.32 Å². The van der Waals surface area contributed by atoms with Crippen molar-refractivity contribution in [2.24, 2.45) is 0 Å². The molecule has 0 heterocycles. The maximum atomic E-state index is 12.5. The van der Waals surface area contributed by atoms with Crippen molar-refractivity contribution in [1.29, 1.82) is 0 Å². The fourth-order valence-corrected chi connectivity index (χ4v) is 4.33. The zero-order chi connectivity index (χ0) is 23.2. The molecule has 9 heteroatoms. The molecule has 8 nitrogen and oxygen atoms in total. The molecule has 2 aromatic rings. The number of nitro groups is 1. The highest BCUT2D eigenvalue weighted by Gasteiger charge is 2.22. The Morgan fingerprint density at radius 1 is 1.16 bits per heavy atom. The first-order valence-electron chi connectivity index (χ1n) is 10.1. The van der Waals surface area contributed by atoms with Gasteiger partial charge in [0.2, 0.25) is 15.9 Å². The molecule has 0 saturated carbocycles. The van der Waals surface area contributed by atoms with Gasteiger partial charge in [-0.15, -0.1) is 0 Å². The van der Waals surface area contributed by atoms with Crippen molar-refractivity contribution in [2.75, 3.05) is 17.1 Å². The number of amides is 1. The maximum absolute atomic E-state index is 12.5. The first-order valence-corrected chi connectivity index (χ1v) is 12.0. The van der Waals surface area contributed by atoms with E-state index < -0.39 is 14.9 Å². The lowest BCUT2D eigenvalue weighted by Crippen LogP contribution is -2.33. The molecule has 0 saturated heterocycles. The van der Waals surface area contributed by atoms with Crippen LogP contribution in [0.2, 0.25) is 0 Å². The topological polar surface area (TPSA) is 110 Å². The number of nitrogens with zero attached hydrogens (tertiary/aromatic N) is 2. The smallest absolute Gasteiger partial charge is 0.271 e. The van der Waals surface area contributed by atoms with Crippen molar-refractivity contribution in [3.63, 3.8) is 0 Å². The van der Waals surface area contributed by atoms with Crippen LogP contribution in [0.4, 0.5) is 11.4 Å². The Morgan fingerprint density at radius 2 is 1.81 bits per heavy atom. The van der Waals surface area contributed by atoms with E-state index in [0.29, 0.717) is 5.56 Å². The summed E-state index contributed by atoms with van der Waals surface area (Å²) in [5.41, 5.74) is 2.83. The van der Waals surface area contributed by atoms with Gasteiger partial charge in [0.15, 0.2) is 0 Å². The van der Waals surface area contributed by atoms with Crippen LogP contribution in [0, 0.1) is 24.0 Å². The summed E-state index contributed by atoms with van der Waals surface area (Å²) in [5.74, 6) is -0.170. The van der Waals surface area contributed by atoms with Crippen LogP contribution in [0.1, 0.15) is 48.9 Å². The second-order valence-corrected chi connectivity index (χ2v) is 9.51. The molecule has 0 radical (unpaired) electrons. The van der Waals surface area contributed by atoms with Gasteiger partial charge in [0.25, 0.3) is 5.69 Å². The Kier molecular flexibility index (Phi) is 8.15. The number of carbonyl (C=O) groups excluding carboxylic acids is 1. The number of hydrogen-bond acceptors (Lipinski definition) is 5. The van der Waals surface area contributed by atoms with Crippen molar-refractivity contribution < 1.29 is 18.1 Å². The van der Waals surface area contributed by atoms with Gasteiger partial charge >= 0.3 is 0 Å². The highest BCUT2D eigenvalue weighted by atomic mass is 32.2. The molecule has 0 aliphatic carbocycles. The van der Waals surface area contributed by atoms with Crippen LogP contribution in [0.15, 0.2) is 42.5 Å². The van der Waals surface area contributed by atoms with E-state index in [-0.39, 0.29) is 42.7 Å². The summed E-state index contributed by atoms with van der Waals surface area (Å²) in [6.45, 7) is 5.73. The van der Waals surface area contributed by atoms with Gasteiger partial charge in [-0.3, -0.25) is 19.2 Å². The average molecular weight is 448 g/mol. The third-order valence-electron chi connectivity index (χ3n) is 5.06. The minimum atomic E-state index is -3.68. The zero-order valence-corrected chi connectivity index (χ0v) is 19.1. The second kappa shape index (κ2) is 10.4. The first-order chi connectivity index (χ1) is 14.5. The van der Waals surface area contributed by atoms with Crippen molar-refractivity contribution >= 4 is 27.3 Å². The monoisotopic (exact) mass is 447 g/mol. The van der Waals surface area contributed by atoms with E-state index in [1.807, 2.05) is 38.1 Å². The summed E-state index contributed by atoms with van der Waals surface area (Å²) in [6, 6.07) is 12.0. The van der Waals surface area contributed by atoms with Gasteiger partial charge in [0, 0.05) is 25.1 Å². The lowest BCUT2D eigenvalue weighted by Gasteiger charge is -2.24. The summed E-state index contributed by atoms with van der Waals surface area (Å²) in [5, 5.41) is 14.1. The second-order valence-electron chi connectivity index (χ2n) is 7.61. The Morgan fingerprint density at radius 3 is 2.35 bits per heavy atom. The molecule has 1 amide bonds.